The Morgan fingerprint density at radius 2 is 1.74 bits per heavy atom. The number of aromatic nitrogens is 1. The Kier molecular flexibility index (Phi) is 6.26. The summed E-state index contributed by atoms with van der Waals surface area (Å²) in [5.74, 6) is 0.568. The van der Waals surface area contributed by atoms with E-state index in [2.05, 4.69) is 9.71 Å². The fourth-order valence-corrected chi connectivity index (χ4v) is 4.55. The van der Waals surface area contributed by atoms with Crippen LogP contribution in [-0.4, -0.2) is 25.8 Å². The van der Waals surface area contributed by atoms with E-state index in [4.69, 9.17) is 4.74 Å². The van der Waals surface area contributed by atoms with Gasteiger partial charge in [0.1, 0.15) is 17.4 Å². The van der Waals surface area contributed by atoms with Crippen LogP contribution >= 0.6 is 11.3 Å². The molecule has 3 aromatic rings. The molecule has 7 heteroatoms. The van der Waals surface area contributed by atoms with Crippen LogP contribution in [0.1, 0.15) is 16.1 Å². The maximum Gasteiger partial charge on any atom is 0.215 e. The molecule has 0 saturated heterocycles. The van der Waals surface area contributed by atoms with E-state index in [0.717, 1.165) is 26.7 Å². The summed E-state index contributed by atoms with van der Waals surface area (Å²) in [5, 5.41) is 0.909. The van der Waals surface area contributed by atoms with Crippen molar-refractivity contribution in [3.8, 4) is 16.3 Å². The molecule has 1 aromatic heterocycles. The van der Waals surface area contributed by atoms with Crippen molar-refractivity contribution in [1.29, 1.82) is 0 Å². The summed E-state index contributed by atoms with van der Waals surface area (Å²) in [6, 6.07) is 17.2. The molecule has 0 unspecified atom stereocenters. The Labute approximate surface area is 164 Å². The average Bonchev–Trinajstić information content (AvgIpc) is 3.02. The van der Waals surface area contributed by atoms with Gasteiger partial charge in [0.05, 0.1) is 11.4 Å². The number of nitrogens with zero attached hydrogens (tertiary/aromatic N) is 1. The molecule has 0 aliphatic heterocycles. The number of para-hydroxylation sites is 1. The van der Waals surface area contributed by atoms with Crippen molar-refractivity contribution in [2.75, 3.05) is 12.4 Å². The molecular formula is C20H22N2O3S2. The second-order valence-electron chi connectivity index (χ2n) is 6.14. The van der Waals surface area contributed by atoms with E-state index in [0.29, 0.717) is 5.75 Å². The molecule has 0 fully saturated rings. The molecule has 5 nitrogen and oxygen atoms in total. The molecule has 3 rings (SSSR count). The van der Waals surface area contributed by atoms with Crippen molar-refractivity contribution in [1.82, 2.24) is 9.71 Å². The molecule has 142 valence electrons. The van der Waals surface area contributed by atoms with Gasteiger partial charge in [0.15, 0.2) is 0 Å². The van der Waals surface area contributed by atoms with Gasteiger partial charge in [-0.25, -0.2) is 18.1 Å². The summed E-state index contributed by atoms with van der Waals surface area (Å²) in [5.41, 5.74) is 3.08. The van der Waals surface area contributed by atoms with Crippen molar-refractivity contribution in [2.24, 2.45) is 0 Å². The van der Waals surface area contributed by atoms with Crippen LogP contribution in [0.2, 0.25) is 0 Å². The van der Waals surface area contributed by atoms with E-state index in [1.807, 2.05) is 56.3 Å². The van der Waals surface area contributed by atoms with E-state index in [9.17, 15) is 8.42 Å². The van der Waals surface area contributed by atoms with Gasteiger partial charge in [0.25, 0.3) is 0 Å². The predicted octanol–water partition coefficient (Wildman–Crippen LogP) is 3.93. The van der Waals surface area contributed by atoms with E-state index >= 15 is 0 Å². The third-order valence-corrected chi connectivity index (χ3v) is 6.56. The minimum Gasteiger partial charge on any atom is -0.492 e. The molecule has 0 aliphatic rings. The molecule has 0 bridgehead atoms. The Hall–Kier alpha value is -2.22. The number of sulfonamides is 1. The topological polar surface area (TPSA) is 68.3 Å². The normalized spacial score (nSPS) is 11.5. The number of aryl methyl sites for hydroxylation is 2. The lowest BCUT2D eigenvalue weighted by molar-refractivity contribution is 0.340. The molecule has 1 heterocycles. The van der Waals surface area contributed by atoms with Gasteiger partial charge in [-0.15, -0.1) is 11.3 Å². The minimum absolute atomic E-state index is 0.0929. The monoisotopic (exact) mass is 402 g/mol. The maximum atomic E-state index is 12.2. The lowest BCUT2D eigenvalue weighted by Gasteiger charge is -2.08. The van der Waals surface area contributed by atoms with Crippen LogP contribution < -0.4 is 9.46 Å². The molecule has 0 amide bonds. The zero-order valence-corrected chi connectivity index (χ0v) is 16.9. The summed E-state index contributed by atoms with van der Waals surface area (Å²) in [7, 11) is -3.43. The zero-order chi connectivity index (χ0) is 19.3. The standard InChI is InChI=1S/C20H22N2O3S2/c1-15-8-6-7-11-18(15)20-22-16(2)19(26-20)14-21-27(23,24)13-12-25-17-9-4-3-5-10-17/h3-11,21H,12-14H2,1-2H3. The van der Waals surface area contributed by atoms with Crippen molar-refractivity contribution in [3.63, 3.8) is 0 Å². The summed E-state index contributed by atoms with van der Waals surface area (Å²) in [4.78, 5) is 5.52. The summed E-state index contributed by atoms with van der Waals surface area (Å²) < 4.78 is 32.6. The highest BCUT2D eigenvalue weighted by atomic mass is 32.2. The van der Waals surface area contributed by atoms with Gasteiger partial charge in [-0.05, 0) is 31.5 Å². The van der Waals surface area contributed by atoms with E-state index in [1.54, 1.807) is 12.1 Å². The van der Waals surface area contributed by atoms with Crippen LogP contribution in [-0.2, 0) is 16.6 Å². The van der Waals surface area contributed by atoms with Crippen molar-refractivity contribution in [3.05, 3.63) is 70.7 Å². The quantitative estimate of drug-likeness (QED) is 0.620. The molecule has 0 atom stereocenters. The summed E-state index contributed by atoms with van der Waals surface area (Å²) in [6.07, 6.45) is 0. The van der Waals surface area contributed by atoms with Crippen LogP contribution in [0.4, 0.5) is 0 Å². The molecule has 2 aromatic carbocycles. The van der Waals surface area contributed by atoms with Gasteiger partial charge >= 0.3 is 0 Å². The SMILES string of the molecule is Cc1ccccc1-c1nc(C)c(CNS(=O)(=O)CCOc2ccccc2)s1. The number of rotatable bonds is 8. The van der Waals surface area contributed by atoms with E-state index < -0.39 is 10.0 Å². The lowest BCUT2D eigenvalue weighted by Crippen LogP contribution is -2.28. The number of hydrogen-bond acceptors (Lipinski definition) is 5. The Morgan fingerprint density at radius 3 is 2.48 bits per heavy atom. The first-order chi connectivity index (χ1) is 12.9. The van der Waals surface area contributed by atoms with Crippen molar-refractivity contribution in [2.45, 2.75) is 20.4 Å². The molecular weight excluding hydrogens is 380 g/mol. The summed E-state index contributed by atoms with van der Waals surface area (Å²) in [6.45, 7) is 4.29. The fourth-order valence-electron chi connectivity index (χ4n) is 2.55. The Balaban J connectivity index is 1.58. The summed E-state index contributed by atoms with van der Waals surface area (Å²) >= 11 is 1.52. The van der Waals surface area contributed by atoms with Crippen molar-refractivity contribution < 1.29 is 13.2 Å². The number of hydrogen-bond donors (Lipinski definition) is 1. The molecule has 0 spiro atoms. The van der Waals surface area contributed by atoms with Gasteiger partial charge in [-0.2, -0.15) is 0 Å². The molecule has 1 N–H and O–H groups in total. The highest BCUT2D eigenvalue weighted by Crippen LogP contribution is 2.30. The first-order valence-corrected chi connectivity index (χ1v) is 11.1. The van der Waals surface area contributed by atoms with Gasteiger partial charge in [-0.3, -0.25) is 0 Å². The molecule has 0 radical (unpaired) electrons. The zero-order valence-electron chi connectivity index (χ0n) is 15.3. The van der Waals surface area contributed by atoms with Gasteiger partial charge < -0.3 is 4.74 Å². The number of ether oxygens (including phenoxy) is 1. The van der Waals surface area contributed by atoms with Crippen LogP contribution in [0.15, 0.2) is 54.6 Å². The Bertz CT molecular complexity index is 999. The second kappa shape index (κ2) is 8.65. The first kappa shape index (κ1) is 19.5. The van der Waals surface area contributed by atoms with Crippen molar-refractivity contribution >= 4 is 21.4 Å². The fraction of sp³-hybridized carbons (Fsp3) is 0.250. The Morgan fingerprint density at radius 1 is 1.04 bits per heavy atom. The van der Waals surface area contributed by atoms with Crippen LogP contribution in [0.5, 0.6) is 5.75 Å². The number of thiazole rings is 1. The van der Waals surface area contributed by atoms with E-state index in [-0.39, 0.29) is 18.9 Å². The smallest absolute Gasteiger partial charge is 0.215 e. The number of nitrogens with one attached hydrogen (secondary N) is 1. The number of benzene rings is 2. The van der Waals surface area contributed by atoms with Crippen LogP contribution in [0, 0.1) is 13.8 Å². The highest BCUT2D eigenvalue weighted by Gasteiger charge is 2.15. The van der Waals surface area contributed by atoms with E-state index in [1.165, 1.54) is 11.3 Å². The minimum atomic E-state index is -3.43. The molecule has 27 heavy (non-hydrogen) atoms. The average molecular weight is 403 g/mol. The largest absolute Gasteiger partial charge is 0.492 e. The first-order valence-electron chi connectivity index (χ1n) is 8.62. The molecule has 0 aliphatic carbocycles. The third kappa shape index (κ3) is 5.38. The van der Waals surface area contributed by atoms with Crippen LogP contribution in [0.25, 0.3) is 10.6 Å². The van der Waals surface area contributed by atoms with Gasteiger partial charge in [0, 0.05) is 17.0 Å². The maximum absolute atomic E-state index is 12.2. The second-order valence-corrected chi connectivity index (χ2v) is 9.15. The van der Waals surface area contributed by atoms with Gasteiger partial charge in [0.2, 0.25) is 10.0 Å². The molecule has 0 saturated carbocycles. The highest BCUT2D eigenvalue weighted by molar-refractivity contribution is 7.89. The predicted molar refractivity (Wildman–Crippen MR) is 110 cm³/mol. The van der Waals surface area contributed by atoms with Crippen LogP contribution in [0.3, 0.4) is 0 Å². The lowest BCUT2D eigenvalue weighted by atomic mass is 10.1. The van der Waals surface area contributed by atoms with Gasteiger partial charge in [-0.1, -0.05) is 42.5 Å². The third-order valence-electron chi connectivity index (χ3n) is 4.08.